The first-order valence-electron chi connectivity index (χ1n) is 5.85. The topological polar surface area (TPSA) is 12.5 Å². The molecule has 1 fully saturated rings. The number of halogens is 1. The quantitative estimate of drug-likeness (QED) is 0.841. The molecule has 0 amide bonds. The van der Waals surface area contributed by atoms with Crippen LogP contribution in [0.4, 0.5) is 0 Å². The molecule has 2 nitrogen and oxygen atoms in total. The van der Waals surface area contributed by atoms with Crippen molar-refractivity contribution in [3.05, 3.63) is 28.7 Å². The highest BCUT2D eigenvalue weighted by Crippen LogP contribution is 2.24. The van der Waals surface area contributed by atoms with Gasteiger partial charge < -0.3 is 9.64 Å². The second kappa shape index (κ2) is 5.69. The number of hydrogen-bond acceptors (Lipinski definition) is 2. The molecule has 0 bridgehead atoms. The van der Waals surface area contributed by atoms with Crippen LogP contribution in [0.2, 0.25) is 0 Å². The summed E-state index contributed by atoms with van der Waals surface area (Å²) < 4.78 is 6.81. The minimum atomic E-state index is 0.711. The highest BCUT2D eigenvalue weighted by molar-refractivity contribution is 9.10. The maximum Gasteiger partial charge on any atom is 0.133 e. The van der Waals surface area contributed by atoms with E-state index in [-0.39, 0.29) is 0 Å². The molecule has 0 radical (unpaired) electrons. The zero-order chi connectivity index (χ0) is 11.4. The second-order valence-corrected chi connectivity index (χ2v) is 5.20. The van der Waals surface area contributed by atoms with Crippen molar-refractivity contribution in [2.45, 2.75) is 25.3 Å². The molecule has 1 unspecified atom stereocenters. The van der Waals surface area contributed by atoms with Gasteiger partial charge in [0.2, 0.25) is 0 Å². The fourth-order valence-electron chi connectivity index (χ4n) is 2.21. The minimum Gasteiger partial charge on any atom is -0.492 e. The molecule has 0 aliphatic carbocycles. The van der Waals surface area contributed by atoms with Crippen LogP contribution in [-0.4, -0.2) is 31.1 Å². The van der Waals surface area contributed by atoms with Gasteiger partial charge in [-0.25, -0.2) is 0 Å². The molecule has 1 saturated heterocycles. The molecule has 1 aromatic carbocycles. The number of benzene rings is 1. The van der Waals surface area contributed by atoms with E-state index in [1.165, 1.54) is 19.4 Å². The molecule has 1 atom stereocenters. The van der Waals surface area contributed by atoms with Crippen LogP contribution in [0.25, 0.3) is 0 Å². The number of hydrogen-bond donors (Lipinski definition) is 0. The standard InChI is InChI=1S/C13H18BrNO/c1-15-9-4-5-11(15)8-10-16-13-7-3-2-6-12(13)14/h2-3,6-7,11H,4-5,8-10H2,1H3. The van der Waals surface area contributed by atoms with Crippen molar-refractivity contribution in [1.29, 1.82) is 0 Å². The van der Waals surface area contributed by atoms with Crippen LogP contribution in [-0.2, 0) is 0 Å². The molecule has 2 rings (SSSR count). The molecule has 16 heavy (non-hydrogen) atoms. The van der Waals surface area contributed by atoms with Crippen LogP contribution < -0.4 is 4.74 Å². The van der Waals surface area contributed by atoms with Crippen molar-refractivity contribution in [1.82, 2.24) is 4.90 Å². The highest BCUT2D eigenvalue weighted by atomic mass is 79.9. The number of likely N-dealkylation sites (tertiary alicyclic amines) is 1. The van der Waals surface area contributed by atoms with Gasteiger partial charge in [-0.2, -0.15) is 0 Å². The van der Waals surface area contributed by atoms with Gasteiger partial charge in [0.15, 0.2) is 0 Å². The predicted octanol–water partition coefficient (Wildman–Crippen LogP) is 3.31. The van der Waals surface area contributed by atoms with Crippen LogP contribution in [0.15, 0.2) is 28.7 Å². The number of rotatable bonds is 4. The first-order valence-corrected chi connectivity index (χ1v) is 6.64. The molecule has 0 aromatic heterocycles. The lowest BCUT2D eigenvalue weighted by atomic mass is 10.1. The molecule has 1 aliphatic rings. The Labute approximate surface area is 106 Å². The third-order valence-electron chi connectivity index (χ3n) is 3.22. The Morgan fingerprint density at radius 2 is 2.25 bits per heavy atom. The molecular weight excluding hydrogens is 266 g/mol. The number of para-hydroxylation sites is 1. The minimum absolute atomic E-state index is 0.711. The van der Waals surface area contributed by atoms with Crippen molar-refractivity contribution >= 4 is 15.9 Å². The summed E-state index contributed by atoms with van der Waals surface area (Å²) >= 11 is 3.49. The van der Waals surface area contributed by atoms with Gasteiger partial charge in [-0.3, -0.25) is 0 Å². The lowest BCUT2D eigenvalue weighted by Gasteiger charge is -2.19. The van der Waals surface area contributed by atoms with E-state index >= 15 is 0 Å². The largest absolute Gasteiger partial charge is 0.492 e. The zero-order valence-corrected chi connectivity index (χ0v) is 11.2. The summed E-state index contributed by atoms with van der Waals surface area (Å²) in [6, 6.07) is 8.73. The van der Waals surface area contributed by atoms with E-state index in [1.807, 2.05) is 24.3 Å². The maximum atomic E-state index is 5.77. The third kappa shape index (κ3) is 2.98. The van der Waals surface area contributed by atoms with Crippen molar-refractivity contribution < 1.29 is 4.74 Å². The lowest BCUT2D eigenvalue weighted by molar-refractivity contribution is 0.232. The Kier molecular flexibility index (Phi) is 4.24. The molecular formula is C13H18BrNO. The molecule has 3 heteroatoms. The summed E-state index contributed by atoms with van der Waals surface area (Å²) in [6.45, 7) is 2.04. The normalized spacial score (nSPS) is 21.2. The zero-order valence-electron chi connectivity index (χ0n) is 9.66. The smallest absolute Gasteiger partial charge is 0.133 e. The van der Waals surface area contributed by atoms with E-state index < -0.39 is 0 Å². The average Bonchev–Trinajstić information content (AvgIpc) is 2.67. The fraction of sp³-hybridized carbons (Fsp3) is 0.538. The van der Waals surface area contributed by atoms with Crippen molar-refractivity contribution in [2.24, 2.45) is 0 Å². The van der Waals surface area contributed by atoms with E-state index in [1.54, 1.807) is 0 Å². The van der Waals surface area contributed by atoms with E-state index in [9.17, 15) is 0 Å². The summed E-state index contributed by atoms with van der Waals surface area (Å²) in [5.74, 6) is 0.947. The van der Waals surface area contributed by atoms with Crippen LogP contribution in [0, 0.1) is 0 Å². The average molecular weight is 284 g/mol. The molecule has 0 saturated carbocycles. The molecule has 0 N–H and O–H groups in total. The Balaban J connectivity index is 1.78. The van der Waals surface area contributed by atoms with Crippen molar-refractivity contribution in [2.75, 3.05) is 20.2 Å². The van der Waals surface area contributed by atoms with Crippen LogP contribution in [0.3, 0.4) is 0 Å². The van der Waals surface area contributed by atoms with Crippen molar-refractivity contribution in [3.8, 4) is 5.75 Å². The fourth-order valence-corrected chi connectivity index (χ4v) is 2.61. The van der Waals surface area contributed by atoms with Gasteiger partial charge in [0, 0.05) is 6.04 Å². The van der Waals surface area contributed by atoms with Gasteiger partial charge in [0.25, 0.3) is 0 Å². The Morgan fingerprint density at radius 1 is 1.44 bits per heavy atom. The Morgan fingerprint density at radius 3 is 2.94 bits per heavy atom. The molecule has 1 aromatic rings. The summed E-state index contributed by atoms with van der Waals surface area (Å²) in [6.07, 6.45) is 3.77. The van der Waals surface area contributed by atoms with Crippen LogP contribution in [0.5, 0.6) is 5.75 Å². The van der Waals surface area contributed by atoms with Crippen LogP contribution in [0.1, 0.15) is 19.3 Å². The summed E-state index contributed by atoms with van der Waals surface area (Å²) in [5.41, 5.74) is 0. The monoisotopic (exact) mass is 283 g/mol. The van der Waals surface area contributed by atoms with Gasteiger partial charge in [-0.05, 0) is 60.9 Å². The molecule has 1 heterocycles. The maximum absolute atomic E-state index is 5.77. The van der Waals surface area contributed by atoms with Crippen LogP contribution >= 0.6 is 15.9 Å². The van der Waals surface area contributed by atoms with Gasteiger partial charge in [0.1, 0.15) is 5.75 Å². The second-order valence-electron chi connectivity index (χ2n) is 4.34. The Hall–Kier alpha value is -0.540. The van der Waals surface area contributed by atoms with Crippen molar-refractivity contribution in [3.63, 3.8) is 0 Å². The summed E-state index contributed by atoms with van der Waals surface area (Å²) in [5, 5.41) is 0. The van der Waals surface area contributed by atoms with Gasteiger partial charge in [-0.1, -0.05) is 12.1 Å². The number of ether oxygens (including phenoxy) is 1. The lowest BCUT2D eigenvalue weighted by Crippen LogP contribution is -2.26. The third-order valence-corrected chi connectivity index (χ3v) is 3.87. The Bertz CT molecular complexity index is 342. The van der Waals surface area contributed by atoms with Gasteiger partial charge >= 0.3 is 0 Å². The van der Waals surface area contributed by atoms with Gasteiger partial charge in [-0.15, -0.1) is 0 Å². The first-order chi connectivity index (χ1) is 7.77. The summed E-state index contributed by atoms with van der Waals surface area (Å²) in [4.78, 5) is 2.43. The SMILES string of the molecule is CN1CCCC1CCOc1ccccc1Br. The molecule has 0 spiro atoms. The first kappa shape index (κ1) is 11.9. The summed E-state index contributed by atoms with van der Waals surface area (Å²) in [7, 11) is 2.20. The highest BCUT2D eigenvalue weighted by Gasteiger charge is 2.20. The number of nitrogens with zero attached hydrogens (tertiary/aromatic N) is 1. The van der Waals surface area contributed by atoms with Gasteiger partial charge in [0.05, 0.1) is 11.1 Å². The van der Waals surface area contributed by atoms with E-state index in [2.05, 4.69) is 27.9 Å². The van der Waals surface area contributed by atoms with E-state index in [4.69, 9.17) is 4.74 Å². The molecule has 88 valence electrons. The predicted molar refractivity (Wildman–Crippen MR) is 69.9 cm³/mol. The van der Waals surface area contributed by atoms with E-state index in [0.717, 1.165) is 23.2 Å². The molecule has 1 aliphatic heterocycles. The van der Waals surface area contributed by atoms with E-state index in [0.29, 0.717) is 6.04 Å².